The van der Waals surface area contributed by atoms with Gasteiger partial charge < -0.3 is 5.32 Å². The third-order valence-corrected chi connectivity index (χ3v) is 4.77. The summed E-state index contributed by atoms with van der Waals surface area (Å²) in [6.45, 7) is 4.48. The number of fused-ring (bicyclic) bond motifs is 1. The van der Waals surface area contributed by atoms with Crippen molar-refractivity contribution < 1.29 is 9.59 Å². The monoisotopic (exact) mass is 286 g/mol. The van der Waals surface area contributed by atoms with Crippen LogP contribution in [0, 0.1) is 24.7 Å². The second-order valence-electron chi connectivity index (χ2n) is 6.44. The third kappa shape index (κ3) is 2.67. The van der Waals surface area contributed by atoms with Crippen molar-refractivity contribution in [2.24, 2.45) is 17.8 Å². The molecule has 1 aliphatic heterocycles. The van der Waals surface area contributed by atoms with Gasteiger partial charge in [0.1, 0.15) is 0 Å². The fourth-order valence-corrected chi connectivity index (χ4v) is 3.46. The van der Waals surface area contributed by atoms with Crippen LogP contribution in [0.3, 0.4) is 0 Å². The Morgan fingerprint density at radius 2 is 1.76 bits per heavy atom. The van der Waals surface area contributed by atoms with Crippen LogP contribution in [0.5, 0.6) is 0 Å². The van der Waals surface area contributed by atoms with Gasteiger partial charge in [0.25, 0.3) is 0 Å². The van der Waals surface area contributed by atoms with E-state index in [1.54, 1.807) is 0 Å². The van der Waals surface area contributed by atoms with Gasteiger partial charge in [-0.05, 0) is 44.2 Å². The molecule has 0 unspecified atom stereocenters. The summed E-state index contributed by atoms with van der Waals surface area (Å²) in [5.41, 5.74) is 2.12. The van der Waals surface area contributed by atoms with E-state index in [2.05, 4.69) is 12.2 Å². The predicted octanol–water partition coefficient (Wildman–Crippen LogP) is 2.79. The average molecular weight is 286 g/mol. The van der Waals surface area contributed by atoms with E-state index in [1.807, 2.05) is 31.2 Å². The summed E-state index contributed by atoms with van der Waals surface area (Å²) in [7, 11) is 0. The van der Waals surface area contributed by atoms with Crippen molar-refractivity contribution >= 4 is 17.5 Å². The molecular formula is C17H22N2O2. The van der Waals surface area contributed by atoms with Crippen LogP contribution in [-0.4, -0.2) is 23.4 Å². The fourth-order valence-electron chi connectivity index (χ4n) is 3.46. The molecule has 2 amide bonds. The number of nitrogens with zero attached hydrogens (tertiary/aromatic N) is 1. The Balaban J connectivity index is 1.67. The van der Waals surface area contributed by atoms with E-state index in [4.69, 9.17) is 0 Å². The minimum absolute atomic E-state index is 0.0103. The lowest BCUT2D eigenvalue weighted by molar-refractivity contribution is -0.139. The number of anilines is 1. The van der Waals surface area contributed by atoms with Crippen molar-refractivity contribution in [2.75, 3.05) is 12.0 Å². The number of carbonyl (C=O) groups excluding carboxylic acids is 2. The highest BCUT2D eigenvalue weighted by Crippen LogP contribution is 2.40. The molecule has 1 saturated heterocycles. The maximum atomic E-state index is 12.4. The molecule has 112 valence electrons. The largest absolute Gasteiger partial charge is 0.367 e. The number of hydrogen-bond acceptors (Lipinski definition) is 3. The highest BCUT2D eigenvalue weighted by molar-refractivity contribution is 6.05. The Hall–Kier alpha value is -1.84. The number of hydrogen-bond donors (Lipinski definition) is 1. The smallest absolute Gasteiger partial charge is 0.234 e. The number of aryl methyl sites for hydroxylation is 1. The number of carbonyl (C=O) groups is 2. The number of likely N-dealkylation sites (tertiary alicyclic amines) is 1. The van der Waals surface area contributed by atoms with Gasteiger partial charge in [-0.1, -0.05) is 24.6 Å². The van der Waals surface area contributed by atoms with Gasteiger partial charge in [0.15, 0.2) is 0 Å². The van der Waals surface area contributed by atoms with Gasteiger partial charge in [-0.25, -0.2) is 0 Å². The molecule has 3 atom stereocenters. The molecule has 1 aliphatic carbocycles. The lowest BCUT2D eigenvalue weighted by atomic mass is 9.76. The standard InChI is InChI=1S/C17H22N2O2/c1-11-3-6-13(7-4-11)18-10-19-16(20)14-8-5-12(2)9-15(14)17(19)21/h3-4,6-7,12,14-15,18H,5,8-10H2,1-2H3/t12-,14-,15+/m1/s1. The topological polar surface area (TPSA) is 49.4 Å². The molecular weight excluding hydrogens is 264 g/mol. The molecule has 1 aromatic carbocycles. The summed E-state index contributed by atoms with van der Waals surface area (Å²) < 4.78 is 0. The highest BCUT2D eigenvalue weighted by Gasteiger charge is 2.49. The molecule has 0 aromatic heterocycles. The molecule has 2 fully saturated rings. The SMILES string of the molecule is Cc1ccc(NCN2C(=O)[C@H]3C[C@H](C)CC[C@H]3C2=O)cc1. The summed E-state index contributed by atoms with van der Waals surface area (Å²) in [4.78, 5) is 26.2. The summed E-state index contributed by atoms with van der Waals surface area (Å²) in [5, 5.41) is 3.18. The maximum absolute atomic E-state index is 12.4. The molecule has 2 aliphatic rings. The summed E-state index contributed by atoms with van der Waals surface area (Å²) in [6, 6.07) is 7.96. The number of benzene rings is 1. The van der Waals surface area contributed by atoms with Crippen LogP contribution in [0.25, 0.3) is 0 Å². The Morgan fingerprint density at radius 1 is 1.10 bits per heavy atom. The van der Waals surface area contributed by atoms with Crippen LogP contribution in [0.2, 0.25) is 0 Å². The number of rotatable bonds is 3. The molecule has 0 radical (unpaired) electrons. The lowest BCUT2D eigenvalue weighted by Gasteiger charge is -2.25. The van der Waals surface area contributed by atoms with Crippen LogP contribution < -0.4 is 5.32 Å². The van der Waals surface area contributed by atoms with E-state index in [0.29, 0.717) is 5.92 Å². The number of imide groups is 1. The number of amides is 2. The first-order valence-corrected chi connectivity index (χ1v) is 7.72. The first-order valence-electron chi connectivity index (χ1n) is 7.72. The molecule has 0 bridgehead atoms. The third-order valence-electron chi connectivity index (χ3n) is 4.77. The zero-order valence-electron chi connectivity index (χ0n) is 12.6. The maximum Gasteiger partial charge on any atom is 0.234 e. The molecule has 1 N–H and O–H groups in total. The van der Waals surface area contributed by atoms with Gasteiger partial charge >= 0.3 is 0 Å². The van der Waals surface area contributed by atoms with Crippen LogP contribution >= 0.6 is 0 Å². The van der Waals surface area contributed by atoms with Crippen LogP contribution in [-0.2, 0) is 9.59 Å². The van der Waals surface area contributed by atoms with E-state index < -0.39 is 0 Å². The van der Waals surface area contributed by atoms with E-state index >= 15 is 0 Å². The van der Waals surface area contributed by atoms with Gasteiger partial charge in [-0.3, -0.25) is 14.5 Å². The number of nitrogens with one attached hydrogen (secondary N) is 1. The van der Waals surface area contributed by atoms with Crippen molar-refractivity contribution in [3.8, 4) is 0 Å². The molecule has 1 heterocycles. The molecule has 1 saturated carbocycles. The van der Waals surface area contributed by atoms with Crippen molar-refractivity contribution in [1.29, 1.82) is 0 Å². The van der Waals surface area contributed by atoms with Gasteiger partial charge in [0.2, 0.25) is 11.8 Å². The molecule has 3 rings (SSSR count). The second-order valence-corrected chi connectivity index (χ2v) is 6.44. The highest BCUT2D eigenvalue weighted by atomic mass is 16.2. The van der Waals surface area contributed by atoms with Crippen LogP contribution in [0.1, 0.15) is 31.7 Å². The Kier molecular flexibility index (Phi) is 3.70. The summed E-state index contributed by atoms with van der Waals surface area (Å²) >= 11 is 0. The normalized spacial score (nSPS) is 28.7. The lowest BCUT2D eigenvalue weighted by Crippen LogP contribution is -2.35. The van der Waals surface area contributed by atoms with Crippen molar-refractivity contribution in [2.45, 2.75) is 33.1 Å². The van der Waals surface area contributed by atoms with Gasteiger partial charge in [-0.2, -0.15) is 0 Å². The van der Waals surface area contributed by atoms with Crippen LogP contribution in [0.4, 0.5) is 5.69 Å². The van der Waals surface area contributed by atoms with E-state index in [0.717, 1.165) is 24.9 Å². The minimum Gasteiger partial charge on any atom is -0.367 e. The summed E-state index contributed by atoms with van der Waals surface area (Å²) in [6.07, 6.45) is 2.77. The predicted molar refractivity (Wildman–Crippen MR) is 81.5 cm³/mol. The first-order chi connectivity index (χ1) is 10.1. The van der Waals surface area contributed by atoms with E-state index in [9.17, 15) is 9.59 Å². The molecule has 0 spiro atoms. The average Bonchev–Trinajstić information content (AvgIpc) is 2.70. The minimum atomic E-state index is -0.0823. The molecule has 1 aromatic rings. The summed E-state index contributed by atoms with van der Waals surface area (Å²) in [5.74, 6) is 0.412. The Labute approximate surface area is 125 Å². The molecule has 4 heteroatoms. The zero-order valence-corrected chi connectivity index (χ0v) is 12.6. The van der Waals surface area contributed by atoms with Gasteiger partial charge in [-0.15, -0.1) is 0 Å². The van der Waals surface area contributed by atoms with E-state index in [-0.39, 0.29) is 30.3 Å². The quantitative estimate of drug-likeness (QED) is 0.869. The van der Waals surface area contributed by atoms with Crippen molar-refractivity contribution in [3.63, 3.8) is 0 Å². The second kappa shape index (κ2) is 5.51. The Bertz CT molecular complexity index is 552. The van der Waals surface area contributed by atoms with Gasteiger partial charge in [0, 0.05) is 5.69 Å². The van der Waals surface area contributed by atoms with Crippen molar-refractivity contribution in [1.82, 2.24) is 4.90 Å². The molecule has 4 nitrogen and oxygen atoms in total. The van der Waals surface area contributed by atoms with Crippen molar-refractivity contribution in [3.05, 3.63) is 29.8 Å². The van der Waals surface area contributed by atoms with Gasteiger partial charge in [0.05, 0.1) is 18.5 Å². The Morgan fingerprint density at radius 3 is 2.48 bits per heavy atom. The molecule has 21 heavy (non-hydrogen) atoms. The van der Waals surface area contributed by atoms with Crippen LogP contribution in [0.15, 0.2) is 24.3 Å². The fraction of sp³-hybridized carbons (Fsp3) is 0.529. The zero-order chi connectivity index (χ0) is 15.0. The van der Waals surface area contributed by atoms with E-state index in [1.165, 1.54) is 10.5 Å². The first kappa shape index (κ1) is 14.1.